The average Bonchev–Trinajstić information content (AvgIpc) is 2.59. The molecule has 112 valence electrons. The molecule has 1 unspecified atom stereocenters. The number of aliphatic hydroxyl groups excluding tert-OH is 1. The molecule has 3 rings (SSSR count). The lowest BCUT2D eigenvalue weighted by Crippen LogP contribution is -2.20. The topological polar surface area (TPSA) is 29.5 Å². The molecule has 3 aromatic rings. The first kappa shape index (κ1) is 14.9. The fourth-order valence-electron chi connectivity index (χ4n) is 2.21. The predicted octanol–water partition coefficient (Wildman–Crippen LogP) is 4.37. The van der Waals surface area contributed by atoms with E-state index < -0.39 is 6.10 Å². The summed E-state index contributed by atoms with van der Waals surface area (Å²) in [6.45, 7) is 0.304. The molecule has 0 saturated heterocycles. The van der Waals surface area contributed by atoms with Crippen LogP contribution in [0.2, 0.25) is 0 Å². The second-order valence-electron chi connectivity index (χ2n) is 5.10. The molecule has 3 heteroatoms. The Hall–Kier alpha value is -1.97. The van der Waals surface area contributed by atoms with Gasteiger partial charge in [-0.2, -0.15) is 0 Å². The molecular weight excluding hydrogens is 292 g/mol. The van der Waals surface area contributed by atoms with E-state index in [1.54, 1.807) is 11.8 Å². The van der Waals surface area contributed by atoms with Crippen LogP contribution in [0.3, 0.4) is 0 Å². The maximum atomic E-state index is 10.0. The molecule has 22 heavy (non-hydrogen) atoms. The van der Waals surface area contributed by atoms with Gasteiger partial charge in [-0.15, -0.1) is 11.8 Å². The normalized spacial score (nSPS) is 12.2. The molecular formula is C19H18O2S. The summed E-state index contributed by atoms with van der Waals surface area (Å²) in [5.74, 6) is 1.42. The standard InChI is InChI=1S/C19H18O2S/c20-17(14-22-19-8-2-1-3-9-19)13-21-18-11-10-15-6-4-5-7-16(15)12-18/h1-12,17,20H,13-14H2. The lowest BCUT2D eigenvalue weighted by atomic mass is 10.1. The lowest BCUT2D eigenvalue weighted by Gasteiger charge is -2.12. The number of ether oxygens (including phenoxy) is 1. The van der Waals surface area contributed by atoms with Crippen LogP contribution in [0.1, 0.15) is 0 Å². The molecule has 1 atom stereocenters. The molecule has 0 fully saturated rings. The first-order valence-electron chi connectivity index (χ1n) is 7.29. The van der Waals surface area contributed by atoms with E-state index in [9.17, 15) is 5.11 Å². The van der Waals surface area contributed by atoms with Crippen molar-refractivity contribution in [2.24, 2.45) is 0 Å². The minimum atomic E-state index is -0.489. The SMILES string of the molecule is OC(COc1ccc2ccccc2c1)CSc1ccccc1. The Labute approximate surface area is 134 Å². The monoisotopic (exact) mass is 310 g/mol. The van der Waals surface area contributed by atoms with Crippen LogP contribution in [0, 0.1) is 0 Å². The van der Waals surface area contributed by atoms with Crippen molar-refractivity contribution in [1.82, 2.24) is 0 Å². The van der Waals surface area contributed by atoms with Gasteiger partial charge in [0, 0.05) is 10.6 Å². The second kappa shape index (κ2) is 7.34. The molecule has 0 saturated carbocycles. The van der Waals surface area contributed by atoms with Gasteiger partial charge < -0.3 is 9.84 Å². The molecule has 0 aliphatic carbocycles. The van der Waals surface area contributed by atoms with Crippen molar-refractivity contribution in [3.8, 4) is 5.75 Å². The second-order valence-corrected chi connectivity index (χ2v) is 6.19. The van der Waals surface area contributed by atoms with E-state index in [0.717, 1.165) is 16.0 Å². The van der Waals surface area contributed by atoms with Crippen LogP contribution in [0.5, 0.6) is 5.75 Å². The van der Waals surface area contributed by atoms with Crippen LogP contribution in [-0.4, -0.2) is 23.6 Å². The van der Waals surface area contributed by atoms with E-state index in [1.807, 2.05) is 60.7 Å². The Bertz CT molecular complexity index is 728. The zero-order chi connectivity index (χ0) is 15.2. The van der Waals surface area contributed by atoms with Crippen molar-refractivity contribution >= 4 is 22.5 Å². The maximum Gasteiger partial charge on any atom is 0.120 e. The Morgan fingerprint density at radius 3 is 2.41 bits per heavy atom. The number of fused-ring (bicyclic) bond motifs is 1. The van der Waals surface area contributed by atoms with Gasteiger partial charge >= 0.3 is 0 Å². The molecule has 0 heterocycles. The summed E-state index contributed by atoms with van der Waals surface area (Å²) in [4.78, 5) is 1.16. The zero-order valence-corrected chi connectivity index (χ0v) is 13.0. The number of hydrogen-bond donors (Lipinski definition) is 1. The van der Waals surface area contributed by atoms with Gasteiger partial charge in [-0.1, -0.05) is 48.5 Å². The molecule has 0 spiro atoms. The van der Waals surface area contributed by atoms with Crippen molar-refractivity contribution in [1.29, 1.82) is 0 Å². The van der Waals surface area contributed by atoms with Crippen molar-refractivity contribution in [2.45, 2.75) is 11.0 Å². The molecule has 0 aliphatic rings. The van der Waals surface area contributed by atoms with Gasteiger partial charge in [-0.3, -0.25) is 0 Å². The lowest BCUT2D eigenvalue weighted by molar-refractivity contribution is 0.126. The third-order valence-corrected chi connectivity index (χ3v) is 4.51. The Kier molecular flexibility index (Phi) is 4.99. The highest BCUT2D eigenvalue weighted by atomic mass is 32.2. The van der Waals surface area contributed by atoms with Gasteiger partial charge in [0.15, 0.2) is 0 Å². The fourth-order valence-corrected chi connectivity index (χ4v) is 3.04. The highest BCUT2D eigenvalue weighted by molar-refractivity contribution is 7.99. The Balaban J connectivity index is 1.52. The summed E-state index contributed by atoms with van der Waals surface area (Å²) in [6, 6.07) is 24.2. The van der Waals surface area contributed by atoms with Crippen LogP contribution >= 0.6 is 11.8 Å². The van der Waals surface area contributed by atoms with E-state index in [0.29, 0.717) is 12.4 Å². The summed E-state index contributed by atoms with van der Waals surface area (Å²) in [5.41, 5.74) is 0. The van der Waals surface area contributed by atoms with Crippen LogP contribution in [0.4, 0.5) is 0 Å². The quantitative estimate of drug-likeness (QED) is 0.686. The van der Waals surface area contributed by atoms with Gasteiger partial charge in [-0.25, -0.2) is 0 Å². The van der Waals surface area contributed by atoms with Crippen LogP contribution in [-0.2, 0) is 0 Å². The summed E-state index contributed by atoms with van der Waals surface area (Å²) in [6.07, 6.45) is -0.489. The fraction of sp³-hybridized carbons (Fsp3) is 0.158. The molecule has 1 N–H and O–H groups in total. The first-order valence-corrected chi connectivity index (χ1v) is 8.27. The van der Waals surface area contributed by atoms with Gasteiger partial charge in [0.25, 0.3) is 0 Å². The average molecular weight is 310 g/mol. The largest absolute Gasteiger partial charge is 0.491 e. The third-order valence-electron chi connectivity index (χ3n) is 3.35. The summed E-state index contributed by atoms with van der Waals surface area (Å²) in [7, 11) is 0. The Morgan fingerprint density at radius 2 is 1.59 bits per heavy atom. The highest BCUT2D eigenvalue weighted by Gasteiger charge is 2.06. The number of thioether (sulfide) groups is 1. The van der Waals surface area contributed by atoms with Gasteiger partial charge in [0.05, 0.1) is 6.10 Å². The maximum absolute atomic E-state index is 10.0. The van der Waals surface area contributed by atoms with E-state index in [4.69, 9.17) is 4.74 Å². The van der Waals surface area contributed by atoms with E-state index in [1.165, 1.54) is 5.39 Å². The van der Waals surface area contributed by atoms with Crippen molar-refractivity contribution < 1.29 is 9.84 Å². The van der Waals surface area contributed by atoms with Gasteiger partial charge in [0.1, 0.15) is 12.4 Å². The first-order chi connectivity index (χ1) is 10.8. The summed E-state index contributed by atoms with van der Waals surface area (Å²) in [5, 5.41) is 12.4. The van der Waals surface area contributed by atoms with Crippen molar-refractivity contribution in [2.75, 3.05) is 12.4 Å². The molecule has 0 amide bonds. The third kappa shape index (κ3) is 4.03. The smallest absolute Gasteiger partial charge is 0.120 e. The van der Waals surface area contributed by atoms with Crippen LogP contribution in [0.15, 0.2) is 77.7 Å². The number of benzene rings is 3. The van der Waals surface area contributed by atoms with E-state index in [2.05, 4.69) is 12.1 Å². The number of rotatable bonds is 6. The molecule has 0 aliphatic heterocycles. The Morgan fingerprint density at radius 1 is 0.864 bits per heavy atom. The van der Waals surface area contributed by atoms with E-state index >= 15 is 0 Å². The number of hydrogen-bond acceptors (Lipinski definition) is 3. The summed E-state index contributed by atoms with van der Waals surface area (Å²) >= 11 is 1.64. The number of aliphatic hydroxyl groups is 1. The molecule has 3 aromatic carbocycles. The molecule has 0 radical (unpaired) electrons. The predicted molar refractivity (Wildman–Crippen MR) is 92.6 cm³/mol. The van der Waals surface area contributed by atoms with E-state index in [-0.39, 0.29) is 0 Å². The minimum Gasteiger partial charge on any atom is -0.491 e. The van der Waals surface area contributed by atoms with Gasteiger partial charge in [0.2, 0.25) is 0 Å². The minimum absolute atomic E-state index is 0.304. The molecule has 0 bridgehead atoms. The zero-order valence-electron chi connectivity index (χ0n) is 12.2. The van der Waals surface area contributed by atoms with Crippen molar-refractivity contribution in [3.63, 3.8) is 0 Å². The summed E-state index contributed by atoms with van der Waals surface area (Å²) < 4.78 is 5.70. The highest BCUT2D eigenvalue weighted by Crippen LogP contribution is 2.21. The van der Waals surface area contributed by atoms with Crippen LogP contribution < -0.4 is 4.74 Å². The molecule has 2 nitrogen and oxygen atoms in total. The van der Waals surface area contributed by atoms with Gasteiger partial charge in [-0.05, 0) is 35.0 Å². The van der Waals surface area contributed by atoms with Crippen molar-refractivity contribution in [3.05, 3.63) is 72.8 Å². The molecule has 0 aromatic heterocycles. The van der Waals surface area contributed by atoms with Crippen LogP contribution in [0.25, 0.3) is 10.8 Å².